The lowest BCUT2D eigenvalue weighted by Crippen LogP contribution is -2.51. The highest BCUT2D eigenvalue weighted by atomic mass is 16.5. The van der Waals surface area contributed by atoms with Crippen LogP contribution in [0.15, 0.2) is 0 Å². The summed E-state index contributed by atoms with van der Waals surface area (Å²) in [5.41, 5.74) is 0. The summed E-state index contributed by atoms with van der Waals surface area (Å²) in [5, 5.41) is 0. The Morgan fingerprint density at radius 3 is 2.67 bits per heavy atom. The first-order chi connectivity index (χ1) is 8.70. The van der Waals surface area contributed by atoms with E-state index in [1.807, 2.05) is 0 Å². The fourth-order valence-corrected chi connectivity index (χ4v) is 3.24. The number of carbonyl (C=O) groups excluding carboxylic acids is 1. The van der Waals surface area contributed by atoms with Crippen molar-refractivity contribution in [3.8, 4) is 0 Å². The summed E-state index contributed by atoms with van der Waals surface area (Å²) in [6.07, 6.45) is 7.39. The summed E-state index contributed by atoms with van der Waals surface area (Å²) in [5.74, 6) is 0.816. The summed E-state index contributed by atoms with van der Waals surface area (Å²) in [6, 6.07) is 0.439. The largest absolute Gasteiger partial charge is 0.376 e. The van der Waals surface area contributed by atoms with Crippen LogP contribution in [0.5, 0.6) is 0 Å². The van der Waals surface area contributed by atoms with E-state index in [2.05, 4.69) is 18.7 Å². The van der Waals surface area contributed by atoms with Gasteiger partial charge in [-0.1, -0.05) is 26.2 Å². The molecule has 1 saturated heterocycles. The molecule has 0 aromatic heterocycles. The molecule has 2 rings (SSSR count). The molecular weight excluding hydrogens is 226 g/mol. The van der Waals surface area contributed by atoms with E-state index in [4.69, 9.17) is 4.74 Å². The number of rotatable bonds is 4. The third-order valence-corrected chi connectivity index (χ3v) is 4.47. The molecule has 2 unspecified atom stereocenters. The first-order valence-corrected chi connectivity index (χ1v) is 7.59. The first kappa shape index (κ1) is 14.0. The van der Waals surface area contributed by atoms with Crippen LogP contribution in [0.4, 0.5) is 0 Å². The SMILES string of the molecule is CCC1COC(C)CN1CC(=O)C1CCCCC1. The van der Waals surface area contributed by atoms with E-state index >= 15 is 0 Å². The molecule has 18 heavy (non-hydrogen) atoms. The van der Waals surface area contributed by atoms with E-state index in [-0.39, 0.29) is 6.10 Å². The molecular formula is C15H27NO2. The molecule has 0 amide bonds. The van der Waals surface area contributed by atoms with Gasteiger partial charge in [0.05, 0.1) is 19.3 Å². The standard InChI is InChI=1S/C15H27NO2/c1-3-14-11-18-12(2)9-16(14)10-15(17)13-7-5-4-6-8-13/h12-14H,3-11H2,1-2H3. The Balaban J connectivity index is 1.87. The number of ether oxygens (including phenoxy) is 1. The van der Waals surface area contributed by atoms with Crippen LogP contribution in [-0.4, -0.2) is 42.5 Å². The summed E-state index contributed by atoms with van der Waals surface area (Å²) >= 11 is 0. The van der Waals surface area contributed by atoms with E-state index in [0.29, 0.717) is 24.3 Å². The Bertz CT molecular complexity index is 274. The predicted molar refractivity (Wildman–Crippen MR) is 72.6 cm³/mol. The Hall–Kier alpha value is -0.410. The molecule has 0 aromatic carbocycles. The maximum Gasteiger partial charge on any atom is 0.149 e. The van der Waals surface area contributed by atoms with Gasteiger partial charge in [-0.2, -0.15) is 0 Å². The number of morpholine rings is 1. The zero-order valence-electron chi connectivity index (χ0n) is 11.9. The van der Waals surface area contributed by atoms with Crippen molar-refractivity contribution in [1.29, 1.82) is 0 Å². The number of Topliss-reactive ketones (excluding diaryl/α,β-unsaturated/α-hetero) is 1. The van der Waals surface area contributed by atoms with Crippen LogP contribution in [0, 0.1) is 5.92 Å². The Labute approximate surface area is 111 Å². The Morgan fingerprint density at radius 1 is 1.28 bits per heavy atom. The number of nitrogens with zero attached hydrogens (tertiary/aromatic N) is 1. The van der Waals surface area contributed by atoms with Gasteiger partial charge in [-0.3, -0.25) is 9.69 Å². The summed E-state index contributed by atoms with van der Waals surface area (Å²) in [4.78, 5) is 14.7. The van der Waals surface area contributed by atoms with Crippen molar-refractivity contribution >= 4 is 5.78 Å². The molecule has 0 radical (unpaired) electrons. The van der Waals surface area contributed by atoms with Gasteiger partial charge in [-0.05, 0) is 26.2 Å². The summed E-state index contributed by atoms with van der Waals surface area (Å²) in [7, 11) is 0. The second-order valence-corrected chi connectivity index (χ2v) is 5.94. The molecule has 3 nitrogen and oxygen atoms in total. The van der Waals surface area contributed by atoms with Gasteiger partial charge in [0.15, 0.2) is 0 Å². The van der Waals surface area contributed by atoms with Crippen LogP contribution in [-0.2, 0) is 9.53 Å². The molecule has 2 atom stereocenters. The zero-order chi connectivity index (χ0) is 13.0. The van der Waals surface area contributed by atoms with Crippen molar-refractivity contribution in [1.82, 2.24) is 4.90 Å². The third kappa shape index (κ3) is 3.55. The van der Waals surface area contributed by atoms with Crippen LogP contribution in [0.1, 0.15) is 52.4 Å². The molecule has 0 bridgehead atoms. The average molecular weight is 253 g/mol. The Kier molecular flexibility index (Phi) is 5.19. The van der Waals surface area contributed by atoms with Gasteiger partial charge in [0, 0.05) is 18.5 Å². The monoisotopic (exact) mass is 253 g/mol. The van der Waals surface area contributed by atoms with Crippen molar-refractivity contribution in [2.45, 2.75) is 64.5 Å². The van der Waals surface area contributed by atoms with Gasteiger partial charge in [0.1, 0.15) is 5.78 Å². The fourth-order valence-electron chi connectivity index (χ4n) is 3.24. The van der Waals surface area contributed by atoms with Gasteiger partial charge < -0.3 is 4.74 Å². The van der Waals surface area contributed by atoms with Crippen LogP contribution in [0.3, 0.4) is 0 Å². The topological polar surface area (TPSA) is 29.5 Å². The smallest absolute Gasteiger partial charge is 0.149 e. The molecule has 0 N–H and O–H groups in total. The Morgan fingerprint density at radius 2 is 2.00 bits per heavy atom. The van der Waals surface area contributed by atoms with Crippen molar-refractivity contribution < 1.29 is 9.53 Å². The molecule has 1 aliphatic carbocycles. The van der Waals surface area contributed by atoms with Crippen LogP contribution in [0.25, 0.3) is 0 Å². The highest BCUT2D eigenvalue weighted by molar-refractivity contribution is 5.83. The van der Waals surface area contributed by atoms with E-state index in [9.17, 15) is 4.79 Å². The molecule has 2 aliphatic rings. The van der Waals surface area contributed by atoms with Crippen LogP contribution >= 0.6 is 0 Å². The minimum atomic E-state index is 0.270. The van der Waals surface area contributed by atoms with Gasteiger partial charge >= 0.3 is 0 Å². The lowest BCUT2D eigenvalue weighted by atomic mass is 9.86. The van der Waals surface area contributed by atoms with Crippen LogP contribution < -0.4 is 0 Å². The van der Waals surface area contributed by atoms with Crippen LogP contribution in [0.2, 0.25) is 0 Å². The van der Waals surface area contributed by atoms with E-state index < -0.39 is 0 Å². The molecule has 0 aromatic rings. The van der Waals surface area contributed by atoms with E-state index in [1.54, 1.807) is 0 Å². The second-order valence-electron chi connectivity index (χ2n) is 5.94. The van der Waals surface area contributed by atoms with Gasteiger partial charge in [0.2, 0.25) is 0 Å². The van der Waals surface area contributed by atoms with Crippen molar-refractivity contribution in [2.75, 3.05) is 19.7 Å². The van der Waals surface area contributed by atoms with E-state index in [1.165, 1.54) is 19.3 Å². The maximum absolute atomic E-state index is 12.4. The minimum absolute atomic E-state index is 0.270. The fraction of sp³-hybridized carbons (Fsp3) is 0.933. The number of ketones is 1. The number of carbonyl (C=O) groups is 1. The van der Waals surface area contributed by atoms with Gasteiger partial charge in [0.25, 0.3) is 0 Å². The van der Waals surface area contributed by atoms with E-state index in [0.717, 1.165) is 32.4 Å². The minimum Gasteiger partial charge on any atom is -0.376 e. The molecule has 104 valence electrons. The maximum atomic E-state index is 12.4. The molecule has 1 aliphatic heterocycles. The molecule has 0 spiro atoms. The quantitative estimate of drug-likeness (QED) is 0.771. The second kappa shape index (κ2) is 6.67. The lowest BCUT2D eigenvalue weighted by Gasteiger charge is -2.38. The normalized spacial score (nSPS) is 31.4. The molecule has 3 heteroatoms. The number of hydrogen-bond donors (Lipinski definition) is 0. The highest BCUT2D eigenvalue weighted by Crippen LogP contribution is 2.25. The molecule has 2 fully saturated rings. The van der Waals surface area contributed by atoms with Crippen molar-refractivity contribution in [2.24, 2.45) is 5.92 Å². The van der Waals surface area contributed by atoms with Gasteiger partial charge in [-0.15, -0.1) is 0 Å². The highest BCUT2D eigenvalue weighted by Gasteiger charge is 2.29. The molecule has 1 saturated carbocycles. The average Bonchev–Trinajstić information content (AvgIpc) is 2.40. The predicted octanol–water partition coefficient (Wildman–Crippen LogP) is 2.64. The first-order valence-electron chi connectivity index (χ1n) is 7.59. The van der Waals surface area contributed by atoms with Crippen molar-refractivity contribution in [3.05, 3.63) is 0 Å². The summed E-state index contributed by atoms with van der Waals surface area (Å²) in [6.45, 7) is 6.63. The lowest BCUT2D eigenvalue weighted by molar-refractivity contribution is -0.129. The third-order valence-electron chi connectivity index (χ3n) is 4.47. The zero-order valence-corrected chi connectivity index (χ0v) is 11.9. The number of hydrogen-bond acceptors (Lipinski definition) is 3. The molecule has 1 heterocycles. The summed E-state index contributed by atoms with van der Waals surface area (Å²) < 4.78 is 5.69. The van der Waals surface area contributed by atoms with Crippen molar-refractivity contribution in [3.63, 3.8) is 0 Å². The van der Waals surface area contributed by atoms with Gasteiger partial charge in [-0.25, -0.2) is 0 Å².